The standard InChI is InChI=1S/C34H46N6O5/c1-22(26-20-37-27-14-6-5-13-25(26)27)29(31(42)38-28(15-7-8-16-35)33(44)45-34(2,3)4)39-30(41)24-12-10-18-40(21-24)32(43)23-11-9-17-36-19-23/h5-6,9,11,13-14,17,19-20,22,24,28-29,37H,7-8,10,12,15-16,18,21,35H2,1-4H3,(H,38,42)(H,39,41)/t22-,24?,28-,29-/m0/s1. The van der Waals surface area contributed by atoms with Crippen molar-refractivity contribution in [3.05, 3.63) is 66.1 Å². The van der Waals surface area contributed by atoms with Crippen LogP contribution in [0.5, 0.6) is 0 Å². The van der Waals surface area contributed by atoms with E-state index in [-0.39, 0.29) is 18.4 Å². The maximum Gasteiger partial charge on any atom is 0.329 e. The number of aromatic amines is 1. The molecule has 2 aromatic heterocycles. The van der Waals surface area contributed by atoms with Gasteiger partial charge in [-0.15, -0.1) is 0 Å². The fraction of sp³-hybridized carbons (Fsp3) is 0.500. The van der Waals surface area contributed by atoms with Crippen molar-refractivity contribution in [3.63, 3.8) is 0 Å². The molecule has 1 aromatic carbocycles. The predicted octanol–water partition coefficient (Wildman–Crippen LogP) is 3.66. The molecule has 1 aliphatic rings. The van der Waals surface area contributed by atoms with E-state index in [1.165, 1.54) is 6.20 Å². The monoisotopic (exact) mass is 618 g/mol. The molecule has 1 aliphatic heterocycles. The second-order valence-corrected chi connectivity index (χ2v) is 12.8. The number of pyridine rings is 1. The van der Waals surface area contributed by atoms with Gasteiger partial charge in [0.2, 0.25) is 11.8 Å². The molecule has 0 spiro atoms. The molecule has 4 atom stereocenters. The Hall–Kier alpha value is -4.25. The molecular weight excluding hydrogens is 572 g/mol. The number of aromatic nitrogens is 2. The third kappa shape index (κ3) is 8.91. The third-order valence-electron chi connectivity index (χ3n) is 8.13. The summed E-state index contributed by atoms with van der Waals surface area (Å²) in [7, 11) is 0. The molecule has 1 saturated heterocycles. The van der Waals surface area contributed by atoms with Gasteiger partial charge >= 0.3 is 5.97 Å². The molecule has 0 aliphatic carbocycles. The van der Waals surface area contributed by atoms with Crippen molar-refractivity contribution in [2.45, 2.75) is 83.4 Å². The van der Waals surface area contributed by atoms with Crippen molar-refractivity contribution in [2.24, 2.45) is 11.7 Å². The highest BCUT2D eigenvalue weighted by Crippen LogP contribution is 2.29. The average Bonchev–Trinajstić information content (AvgIpc) is 3.46. The van der Waals surface area contributed by atoms with Gasteiger partial charge in [0.1, 0.15) is 17.7 Å². The zero-order chi connectivity index (χ0) is 32.6. The molecule has 5 N–H and O–H groups in total. The summed E-state index contributed by atoms with van der Waals surface area (Å²) < 4.78 is 5.63. The summed E-state index contributed by atoms with van der Waals surface area (Å²) in [4.78, 5) is 63.1. The number of carbonyl (C=O) groups is 4. The summed E-state index contributed by atoms with van der Waals surface area (Å²) in [6.07, 6.45) is 7.88. The Labute approximate surface area is 264 Å². The molecule has 0 radical (unpaired) electrons. The van der Waals surface area contributed by atoms with E-state index in [1.54, 1.807) is 44.0 Å². The molecule has 0 saturated carbocycles. The zero-order valence-corrected chi connectivity index (χ0v) is 26.7. The summed E-state index contributed by atoms with van der Waals surface area (Å²) in [6.45, 7) is 8.44. The van der Waals surface area contributed by atoms with E-state index in [9.17, 15) is 19.2 Å². The number of piperidine rings is 1. The molecular formula is C34H46N6O5. The first-order chi connectivity index (χ1) is 21.5. The van der Waals surface area contributed by atoms with E-state index < -0.39 is 41.4 Å². The normalized spacial score (nSPS) is 17.3. The number of nitrogens with one attached hydrogen (secondary N) is 3. The molecule has 3 amide bonds. The van der Waals surface area contributed by atoms with Crippen LogP contribution >= 0.6 is 0 Å². The van der Waals surface area contributed by atoms with Crippen LogP contribution in [0.15, 0.2) is 55.0 Å². The number of amides is 3. The van der Waals surface area contributed by atoms with Crippen LogP contribution in [-0.2, 0) is 19.1 Å². The number of para-hydroxylation sites is 1. The van der Waals surface area contributed by atoms with Crippen LogP contribution in [0.3, 0.4) is 0 Å². The number of fused-ring (bicyclic) bond motifs is 1. The van der Waals surface area contributed by atoms with Gasteiger partial charge in [0.05, 0.1) is 11.5 Å². The van der Waals surface area contributed by atoms with E-state index in [1.807, 2.05) is 37.4 Å². The first-order valence-corrected chi connectivity index (χ1v) is 15.8. The lowest BCUT2D eigenvalue weighted by Gasteiger charge is -2.34. The lowest BCUT2D eigenvalue weighted by atomic mass is 9.90. The molecule has 45 heavy (non-hydrogen) atoms. The first-order valence-electron chi connectivity index (χ1n) is 15.8. The minimum Gasteiger partial charge on any atom is -0.458 e. The van der Waals surface area contributed by atoms with Crippen molar-refractivity contribution in [1.82, 2.24) is 25.5 Å². The zero-order valence-electron chi connectivity index (χ0n) is 26.7. The number of hydrogen-bond donors (Lipinski definition) is 4. The molecule has 0 bridgehead atoms. The second-order valence-electron chi connectivity index (χ2n) is 12.8. The average molecular weight is 619 g/mol. The van der Waals surface area contributed by atoms with Gasteiger partial charge in [0.15, 0.2) is 0 Å². The Kier molecular flexibility index (Phi) is 11.3. The fourth-order valence-corrected chi connectivity index (χ4v) is 5.76. The van der Waals surface area contributed by atoms with Gasteiger partial charge in [-0.3, -0.25) is 19.4 Å². The first kappa shape index (κ1) is 33.6. The second kappa shape index (κ2) is 15.2. The molecule has 4 rings (SSSR count). The number of nitrogens with two attached hydrogens (primary N) is 1. The molecule has 3 aromatic rings. The van der Waals surface area contributed by atoms with E-state index in [2.05, 4.69) is 20.6 Å². The van der Waals surface area contributed by atoms with E-state index in [4.69, 9.17) is 10.5 Å². The van der Waals surface area contributed by atoms with Gasteiger partial charge < -0.3 is 31.0 Å². The summed E-state index contributed by atoms with van der Waals surface area (Å²) in [5, 5.41) is 6.85. The lowest BCUT2D eigenvalue weighted by molar-refractivity contribution is -0.159. The number of benzene rings is 1. The number of likely N-dealkylation sites (tertiary alicyclic amines) is 1. The van der Waals surface area contributed by atoms with Crippen molar-refractivity contribution in [1.29, 1.82) is 0 Å². The highest BCUT2D eigenvalue weighted by atomic mass is 16.6. The Bertz CT molecular complexity index is 1470. The van der Waals surface area contributed by atoms with Crippen molar-refractivity contribution in [2.75, 3.05) is 19.6 Å². The number of ether oxygens (including phenoxy) is 1. The van der Waals surface area contributed by atoms with Crippen molar-refractivity contribution in [3.8, 4) is 0 Å². The molecule has 242 valence electrons. The number of hydrogen-bond acceptors (Lipinski definition) is 7. The molecule has 1 unspecified atom stereocenters. The molecule has 3 heterocycles. The lowest BCUT2D eigenvalue weighted by Crippen LogP contribution is -2.56. The number of unbranched alkanes of at least 4 members (excludes halogenated alkanes) is 1. The summed E-state index contributed by atoms with van der Waals surface area (Å²) >= 11 is 0. The van der Waals surface area contributed by atoms with Crippen LogP contribution in [-0.4, -0.2) is 75.9 Å². The SMILES string of the molecule is C[C@@H](c1c[nH]c2ccccc12)[C@H](NC(=O)C1CCCN(C(=O)c2cccnc2)C1)C(=O)N[C@@H](CCCCN)C(=O)OC(C)(C)C. The Morgan fingerprint density at radius 2 is 1.89 bits per heavy atom. The quantitative estimate of drug-likeness (QED) is 0.178. The summed E-state index contributed by atoms with van der Waals surface area (Å²) in [6, 6.07) is 9.27. The van der Waals surface area contributed by atoms with Gasteiger partial charge in [0, 0.05) is 48.5 Å². The maximum atomic E-state index is 14.1. The van der Waals surface area contributed by atoms with Crippen LogP contribution in [0, 0.1) is 5.92 Å². The Morgan fingerprint density at radius 1 is 1.11 bits per heavy atom. The Morgan fingerprint density at radius 3 is 2.60 bits per heavy atom. The van der Waals surface area contributed by atoms with E-state index >= 15 is 0 Å². The van der Waals surface area contributed by atoms with Crippen LogP contribution in [0.25, 0.3) is 10.9 Å². The van der Waals surface area contributed by atoms with Crippen molar-refractivity contribution >= 4 is 34.6 Å². The van der Waals surface area contributed by atoms with Crippen LogP contribution in [0.4, 0.5) is 0 Å². The van der Waals surface area contributed by atoms with Crippen LogP contribution in [0.2, 0.25) is 0 Å². The topological polar surface area (TPSA) is 160 Å². The molecule has 11 nitrogen and oxygen atoms in total. The number of H-pyrrole nitrogens is 1. The van der Waals surface area contributed by atoms with E-state index in [0.717, 1.165) is 16.5 Å². The number of carbonyl (C=O) groups excluding carboxylic acids is 4. The largest absolute Gasteiger partial charge is 0.458 e. The van der Waals surface area contributed by atoms with Crippen LogP contribution < -0.4 is 16.4 Å². The van der Waals surface area contributed by atoms with Gasteiger partial charge in [-0.2, -0.15) is 0 Å². The van der Waals surface area contributed by atoms with Crippen LogP contribution in [0.1, 0.15) is 81.6 Å². The van der Waals surface area contributed by atoms with E-state index in [0.29, 0.717) is 50.8 Å². The van der Waals surface area contributed by atoms with Gasteiger partial charge in [0.25, 0.3) is 5.91 Å². The van der Waals surface area contributed by atoms with Gasteiger partial charge in [-0.05, 0) is 83.2 Å². The number of rotatable bonds is 12. The molecule has 11 heteroatoms. The Balaban J connectivity index is 1.57. The predicted molar refractivity (Wildman–Crippen MR) is 172 cm³/mol. The minimum atomic E-state index is -0.999. The fourth-order valence-electron chi connectivity index (χ4n) is 5.76. The number of esters is 1. The van der Waals surface area contributed by atoms with Gasteiger partial charge in [-0.1, -0.05) is 25.1 Å². The van der Waals surface area contributed by atoms with Gasteiger partial charge in [-0.25, -0.2) is 4.79 Å². The number of nitrogens with zero attached hydrogens (tertiary/aromatic N) is 2. The molecule has 1 fully saturated rings. The minimum absolute atomic E-state index is 0.181. The highest BCUT2D eigenvalue weighted by molar-refractivity contribution is 5.95. The highest BCUT2D eigenvalue weighted by Gasteiger charge is 2.36. The summed E-state index contributed by atoms with van der Waals surface area (Å²) in [5.41, 5.74) is 7.19. The summed E-state index contributed by atoms with van der Waals surface area (Å²) in [5.74, 6) is -2.47. The smallest absolute Gasteiger partial charge is 0.329 e. The van der Waals surface area contributed by atoms with Crippen molar-refractivity contribution < 1.29 is 23.9 Å². The maximum absolute atomic E-state index is 14.1. The third-order valence-corrected chi connectivity index (χ3v) is 8.13.